The number of aryl methyl sites for hydroxylation is 1. The van der Waals surface area contributed by atoms with Crippen molar-refractivity contribution in [2.24, 2.45) is 0 Å². The lowest BCUT2D eigenvalue weighted by atomic mass is 10.0. The van der Waals surface area contributed by atoms with Crippen molar-refractivity contribution in [3.63, 3.8) is 0 Å². The van der Waals surface area contributed by atoms with Gasteiger partial charge in [-0.05, 0) is 68.1 Å². The highest BCUT2D eigenvalue weighted by molar-refractivity contribution is 7.92. The van der Waals surface area contributed by atoms with Crippen molar-refractivity contribution in [1.82, 2.24) is 10.2 Å². The summed E-state index contributed by atoms with van der Waals surface area (Å²) in [5, 5.41) is 2.97. The van der Waals surface area contributed by atoms with Crippen LogP contribution < -0.4 is 9.62 Å². The number of rotatable bonds is 11. The molecule has 7 nitrogen and oxygen atoms in total. The Kier molecular flexibility index (Phi) is 10.1. The Morgan fingerprint density at radius 2 is 1.45 bits per heavy atom. The van der Waals surface area contributed by atoms with E-state index in [1.165, 1.54) is 17.0 Å². The van der Waals surface area contributed by atoms with Crippen molar-refractivity contribution in [2.75, 3.05) is 17.1 Å². The molecule has 0 bridgehead atoms. The largest absolute Gasteiger partial charge is 0.350 e. The fourth-order valence-corrected chi connectivity index (χ4v) is 5.15. The first-order chi connectivity index (χ1) is 18.8. The highest BCUT2D eigenvalue weighted by Crippen LogP contribution is 2.21. The van der Waals surface area contributed by atoms with Crippen molar-refractivity contribution in [1.29, 1.82) is 0 Å². The quantitative estimate of drug-likeness (QED) is 0.364. The second-order valence-electron chi connectivity index (χ2n) is 10.9. The average Bonchev–Trinajstić information content (AvgIpc) is 2.89. The molecule has 3 aromatic carbocycles. The number of sulfonamides is 1. The van der Waals surface area contributed by atoms with Crippen LogP contribution in [0.4, 0.5) is 10.1 Å². The van der Waals surface area contributed by atoms with Crippen LogP contribution in [-0.2, 0) is 39.0 Å². The molecule has 0 fully saturated rings. The summed E-state index contributed by atoms with van der Waals surface area (Å²) in [6.07, 6.45) is 2.04. The minimum atomic E-state index is -3.84. The number of nitrogens with one attached hydrogen (secondary N) is 1. The number of carbonyl (C=O) groups is 2. The molecule has 2 amide bonds. The first kappa shape index (κ1) is 30.8. The van der Waals surface area contributed by atoms with Gasteiger partial charge in [0.15, 0.2) is 0 Å². The summed E-state index contributed by atoms with van der Waals surface area (Å²) in [6.45, 7) is 7.03. The van der Waals surface area contributed by atoms with Crippen molar-refractivity contribution in [3.8, 4) is 0 Å². The van der Waals surface area contributed by atoms with E-state index in [9.17, 15) is 22.4 Å². The van der Waals surface area contributed by atoms with Crippen LogP contribution in [0.15, 0.2) is 78.9 Å². The second kappa shape index (κ2) is 13.1. The zero-order valence-electron chi connectivity index (χ0n) is 23.7. The van der Waals surface area contributed by atoms with E-state index in [2.05, 4.69) is 5.32 Å². The van der Waals surface area contributed by atoms with Crippen molar-refractivity contribution < 1.29 is 22.4 Å². The highest BCUT2D eigenvalue weighted by atomic mass is 32.2. The van der Waals surface area contributed by atoms with E-state index in [1.54, 1.807) is 24.3 Å². The fourth-order valence-electron chi connectivity index (χ4n) is 4.30. The molecule has 1 unspecified atom stereocenters. The second-order valence-corrected chi connectivity index (χ2v) is 12.8. The van der Waals surface area contributed by atoms with E-state index >= 15 is 0 Å². The molecule has 3 aromatic rings. The number of benzene rings is 3. The lowest BCUT2D eigenvalue weighted by Crippen LogP contribution is -2.56. The van der Waals surface area contributed by atoms with Gasteiger partial charge >= 0.3 is 0 Å². The van der Waals surface area contributed by atoms with Crippen LogP contribution in [-0.4, -0.2) is 49.5 Å². The van der Waals surface area contributed by atoms with Gasteiger partial charge in [-0.3, -0.25) is 13.9 Å². The summed E-state index contributed by atoms with van der Waals surface area (Å²) in [4.78, 5) is 29.1. The third-order valence-corrected chi connectivity index (χ3v) is 7.49. The standard InChI is InChI=1S/C31H38FN3O4S/c1-6-23-14-18-27(19-15-23)35(40(5,38)39)22-29(36)34(21-25-12-16-26(32)17-13-25)28(30(37)33-31(2,3)4)20-24-10-8-7-9-11-24/h7-19,28H,6,20-22H2,1-5H3,(H,33,37). The molecule has 214 valence electrons. The minimum Gasteiger partial charge on any atom is -0.350 e. The molecule has 3 rings (SSSR count). The average molecular weight is 568 g/mol. The molecular formula is C31H38FN3O4S. The Bertz CT molecular complexity index is 1390. The van der Waals surface area contributed by atoms with Crippen LogP contribution in [0, 0.1) is 5.82 Å². The molecule has 0 heterocycles. The predicted octanol–water partition coefficient (Wildman–Crippen LogP) is 4.71. The van der Waals surface area contributed by atoms with Gasteiger partial charge in [0.1, 0.15) is 18.4 Å². The zero-order chi connectivity index (χ0) is 29.5. The number of hydrogen-bond donors (Lipinski definition) is 1. The topological polar surface area (TPSA) is 86.8 Å². The van der Waals surface area contributed by atoms with Gasteiger partial charge in [-0.2, -0.15) is 0 Å². The Balaban J connectivity index is 2.05. The molecule has 0 aliphatic carbocycles. The molecule has 0 saturated carbocycles. The molecule has 40 heavy (non-hydrogen) atoms. The summed E-state index contributed by atoms with van der Waals surface area (Å²) in [5.41, 5.74) is 2.26. The summed E-state index contributed by atoms with van der Waals surface area (Å²) >= 11 is 0. The van der Waals surface area contributed by atoms with Gasteiger partial charge in [0, 0.05) is 18.5 Å². The lowest BCUT2D eigenvalue weighted by Gasteiger charge is -2.35. The molecular weight excluding hydrogens is 529 g/mol. The first-order valence-electron chi connectivity index (χ1n) is 13.2. The first-order valence-corrected chi connectivity index (χ1v) is 15.1. The Morgan fingerprint density at radius 1 is 0.875 bits per heavy atom. The van der Waals surface area contributed by atoms with Gasteiger partial charge in [-0.15, -0.1) is 0 Å². The maximum Gasteiger partial charge on any atom is 0.244 e. The monoisotopic (exact) mass is 567 g/mol. The van der Waals surface area contributed by atoms with Crippen molar-refractivity contribution in [2.45, 2.75) is 58.7 Å². The predicted molar refractivity (Wildman–Crippen MR) is 157 cm³/mol. The maximum absolute atomic E-state index is 14.0. The van der Waals surface area contributed by atoms with E-state index in [1.807, 2.05) is 70.2 Å². The van der Waals surface area contributed by atoms with Gasteiger partial charge in [0.25, 0.3) is 0 Å². The fraction of sp³-hybridized carbons (Fsp3) is 0.355. The minimum absolute atomic E-state index is 0.0133. The highest BCUT2D eigenvalue weighted by Gasteiger charge is 2.34. The van der Waals surface area contributed by atoms with Gasteiger partial charge in [-0.25, -0.2) is 12.8 Å². The third kappa shape index (κ3) is 8.91. The SMILES string of the molecule is CCc1ccc(N(CC(=O)N(Cc2ccc(F)cc2)C(Cc2ccccc2)C(=O)NC(C)(C)C)S(C)(=O)=O)cc1. The number of nitrogens with zero attached hydrogens (tertiary/aromatic N) is 2. The maximum atomic E-state index is 14.0. The van der Waals surface area contributed by atoms with Gasteiger partial charge < -0.3 is 10.2 Å². The number of halogens is 1. The smallest absolute Gasteiger partial charge is 0.244 e. The van der Waals surface area contributed by atoms with Crippen LogP contribution in [0.5, 0.6) is 0 Å². The Hall–Kier alpha value is -3.72. The molecule has 0 aliphatic heterocycles. The molecule has 1 atom stereocenters. The lowest BCUT2D eigenvalue weighted by molar-refractivity contribution is -0.140. The van der Waals surface area contributed by atoms with Gasteiger partial charge in [0.2, 0.25) is 21.8 Å². The van der Waals surface area contributed by atoms with Crippen LogP contribution >= 0.6 is 0 Å². The third-order valence-electron chi connectivity index (χ3n) is 6.35. The molecule has 9 heteroatoms. The Morgan fingerprint density at radius 3 is 1.98 bits per heavy atom. The number of carbonyl (C=O) groups excluding carboxylic acids is 2. The summed E-state index contributed by atoms with van der Waals surface area (Å²) < 4.78 is 40.4. The molecule has 1 N–H and O–H groups in total. The zero-order valence-corrected chi connectivity index (χ0v) is 24.5. The number of amides is 2. The number of hydrogen-bond acceptors (Lipinski definition) is 4. The molecule has 0 aliphatic rings. The Labute approximate surface area is 237 Å². The molecule has 0 radical (unpaired) electrons. The van der Waals surface area contributed by atoms with E-state index in [4.69, 9.17) is 0 Å². The van der Waals surface area contributed by atoms with E-state index in [0.29, 0.717) is 11.3 Å². The van der Waals surface area contributed by atoms with Crippen LogP contribution in [0.3, 0.4) is 0 Å². The van der Waals surface area contributed by atoms with Crippen molar-refractivity contribution in [3.05, 3.63) is 101 Å². The van der Waals surface area contributed by atoms with Crippen molar-refractivity contribution >= 4 is 27.5 Å². The van der Waals surface area contributed by atoms with Crippen LogP contribution in [0.1, 0.15) is 44.4 Å². The van der Waals surface area contributed by atoms with Gasteiger partial charge in [0.05, 0.1) is 11.9 Å². The number of anilines is 1. The van der Waals surface area contributed by atoms with Crippen LogP contribution in [0.25, 0.3) is 0 Å². The van der Waals surface area contributed by atoms with E-state index in [-0.39, 0.29) is 18.9 Å². The van der Waals surface area contributed by atoms with Gasteiger partial charge in [-0.1, -0.05) is 61.5 Å². The summed E-state index contributed by atoms with van der Waals surface area (Å²) in [6, 6.07) is 21.0. The van der Waals surface area contributed by atoms with Crippen LogP contribution in [0.2, 0.25) is 0 Å². The van der Waals surface area contributed by atoms with E-state index < -0.39 is 39.9 Å². The summed E-state index contributed by atoms with van der Waals surface area (Å²) in [7, 11) is -3.84. The molecule has 0 saturated heterocycles. The molecule has 0 spiro atoms. The van der Waals surface area contributed by atoms with E-state index in [0.717, 1.165) is 28.1 Å². The molecule has 0 aromatic heterocycles. The normalized spacial score (nSPS) is 12.4. The summed E-state index contributed by atoms with van der Waals surface area (Å²) in [5.74, 6) is -1.35.